The van der Waals surface area contributed by atoms with Crippen molar-refractivity contribution < 1.29 is 14.3 Å². The minimum Gasteiger partial charge on any atom is -0.487 e. The van der Waals surface area contributed by atoms with Gasteiger partial charge in [-0.05, 0) is 35.7 Å². The van der Waals surface area contributed by atoms with Crippen molar-refractivity contribution in [3.05, 3.63) is 100 Å². The number of benzene rings is 2. The normalized spacial score (nSPS) is 10.7. The fourth-order valence-corrected chi connectivity index (χ4v) is 3.72. The Balaban J connectivity index is 1.29. The molecule has 7 nitrogen and oxygen atoms in total. The molecule has 174 valence electrons. The lowest BCUT2D eigenvalue weighted by Gasteiger charge is -2.09. The number of carbonyl (C=O) groups is 1. The van der Waals surface area contributed by atoms with Gasteiger partial charge in [0.2, 0.25) is 5.88 Å². The maximum atomic E-state index is 12.6. The van der Waals surface area contributed by atoms with Gasteiger partial charge in [-0.25, -0.2) is 4.98 Å². The first-order valence-corrected chi connectivity index (χ1v) is 11.3. The summed E-state index contributed by atoms with van der Waals surface area (Å²) in [6.07, 6.45) is 2.30. The fourth-order valence-electron chi connectivity index (χ4n) is 3.34. The highest BCUT2D eigenvalue weighted by atomic mass is 35.5. The van der Waals surface area contributed by atoms with E-state index in [2.05, 4.69) is 15.4 Å². The van der Waals surface area contributed by atoms with Crippen LogP contribution in [0.3, 0.4) is 0 Å². The topological polar surface area (TPSA) is 78.3 Å². The van der Waals surface area contributed by atoms with E-state index in [4.69, 9.17) is 21.1 Å². The lowest BCUT2D eigenvalue weighted by atomic mass is 10.2. The van der Waals surface area contributed by atoms with Gasteiger partial charge in [0.05, 0.1) is 16.9 Å². The molecule has 1 N–H and O–H groups in total. The molecular formula is C26H25ClN4O3. The second-order valence-corrected chi connectivity index (χ2v) is 8.00. The van der Waals surface area contributed by atoms with Crippen molar-refractivity contribution in [3.8, 4) is 17.4 Å². The standard InChI is InChI=1S/C26H25ClN4O3/c1-3-22-24(27)25(31(2)30-22)26(32)29-15-18-9-11-20(12-10-18)34-23-14-13-21(16-28-23)33-17-19-7-5-4-6-8-19/h4-14,16H,3,15,17H2,1-2H3,(H,29,32). The third kappa shape index (κ3) is 5.74. The Labute approximate surface area is 203 Å². The Bertz CT molecular complexity index is 1240. The largest absolute Gasteiger partial charge is 0.487 e. The van der Waals surface area contributed by atoms with Crippen LogP contribution in [0.15, 0.2) is 72.9 Å². The quantitative estimate of drug-likeness (QED) is 0.353. The first-order chi connectivity index (χ1) is 16.5. The zero-order valence-electron chi connectivity index (χ0n) is 19.0. The fraction of sp³-hybridized carbons (Fsp3) is 0.192. The zero-order valence-corrected chi connectivity index (χ0v) is 19.7. The van der Waals surface area contributed by atoms with Crippen LogP contribution in [0.5, 0.6) is 17.4 Å². The minimum absolute atomic E-state index is 0.265. The molecule has 0 bridgehead atoms. The van der Waals surface area contributed by atoms with Crippen molar-refractivity contribution in [3.63, 3.8) is 0 Å². The Morgan fingerprint density at radius 3 is 2.38 bits per heavy atom. The smallest absolute Gasteiger partial charge is 0.271 e. The van der Waals surface area contributed by atoms with E-state index >= 15 is 0 Å². The average molecular weight is 477 g/mol. The Morgan fingerprint density at radius 1 is 1.00 bits per heavy atom. The number of aromatic nitrogens is 3. The lowest BCUT2D eigenvalue weighted by Crippen LogP contribution is -2.25. The molecule has 0 aliphatic carbocycles. The molecule has 2 aromatic heterocycles. The summed E-state index contributed by atoms with van der Waals surface area (Å²) in [7, 11) is 1.71. The summed E-state index contributed by atoms with van der Waals surface area (Å²) in [6.45, 7) is 2.78. The predicted molar refractivity (Wildman–Crippen MR) is 130 cm³/mol. The average Bonchev–Trinajstić information content (AvgIpc) is 3.16. The summed E-state index contributed by atoms with van der Waals surface area (Å²) < 4.78 is 13.1. The number of aryl methyl sites for hydroxylation is 2. The second-order valence-electron chi connectivity index (χ2n) is 7.62. The summed E-state index contributed by atoms with van der Waals surface area (Å²) in [4.78, 5) is 16.9. The number of amides is 1. The van der Waals surface area contributed by atoms with E-state index in [1.807, 2.05) is 67.6 Å². The predicted octanol–water partition coefficient (Wildman–Crippen LogP) is 5.33. The number of ether oxygens (including phenoxy) is 2. The molecule has 0 saturated heterocycles. The van der Waals surface area contributed by atoms with Crippen LogP contribution in [0, 0.1) is 0 Å². The number of nitrogens with one attached hydrogen (secondary N) is 1. The van der Waals surface area contributed by atoms with Crippen LogP contribution < -0.4 is 14.8 Å². The van der Waals surface area contributed by atoms with Crippen LogP contribution in [-0.4, -0.2) is 20.7 Å². The molecule has 0 atom stereocenters. The molecule has 0 aliphatic heterocycles. The Hall–Kier alpha value is -3.84. The van der Waals surface area contributed by atoms with E-state index in [0.717, 1.165) is 11.1 Å². The first-order valence-electron chi connectivity index (χ1n) is 10.9. The number of rotatable bonds is 9. The maximum Gasteiger partial charge on any atom is 0.271 e. The van der Waals surface area contributed by atoms with Gasteiger partial charge in [0.1, 0.15) is 23.8 Å². The van der Waals surface area contributed by atoms with E-state index in [-0.39, 0.29) is 5.91 Å². The maximum absolute atomic E-state index is 12.6. The third-order valence-electron chi connectivity index (χ3n) is 5.16. The molecule has 8 heteroatoms. The van der Waals surface area contributed by atoms with Crippen molar-refractivity contribution >= 4 is 17.5 Å². The Morgan fingerprint density at radius 2 is 1.74 bits per heavy atom. The molecule has 0 radical (unpaired) electrons. The molecule has 1 amide bonds. The van der Waals surface area contributed by atoms with E-state index in [9.17, 15) is 4.79 Å². The van der Waals surface area contributed by atoms with Gasteiger partial charge in [0, 0.05) is 19.7 Å². The third-order valence-corrected chi connectivity index (χ3v) is 5.56. The number of nitrogens with zero attached hydrogens (tertiary/aromatic N) is 3. The number of pyridine rings is 1. The van der Waals surface area contributed by atoms with Crippen LogP contribution in [0.2, 0.25) is 5.02 Å². The molecule has 0 unspecified atom stereocenters. The van der Waals surface area contributed by atoms with Crippen molar-refractivity contribution in [2.45, 2.75) is 26.5 Å². The summed E-state index contributed by atoms with van der Waals surface area (Å²) in [5.41, 5.74) is 3.08. The summed E-state index contributed by atoms with van der Waals surface area (Å²) in [5.74, 6) is 1.51. The highest BCUT2D eigenvalue weighted by Crippen LogP contribution is 2.23. The van der Waals surface area contributed by atoms with Gasteiger partial charge in [0.25, 0.3) is 5.91 Å². The van der Waals surface area contributed by atoms with Crippen LogP contribution in [-0.2, 0) is 26.6 Å². The molecule has 2 heterocycles. The molecule has 2 aromatic carbocycles. The number of carbonyl (C=O) groups excluding carboxylic acids is 1. The monoisotopic (exact) mass is 476 g/mol. The van der Waals surface area contributed by atoms with Gasteiger partial charge < -0.3 is 14.8 Å². The molecule has 0 spiro atoms. The van der Waals surface area contributed by atoms with Crippen molar-refractivity contribution in [1.82, 2.24) is 20.1 Å². The van der Waals surface area contributed by atoms with Crippen molar-refractivity contribution in [2.75, 3.05) is 0 Å². The molecule has 4 aromatic rings. The molecule has 4 rings (SSSR count). The second kappa shape index (κ2) is 10.9. The van der Waals surface area contributed by atoms with Crippen LogP contribution in [0.1, 0.15) is 34.2 Å². The molecule has 0 aliphatic rings. The number of hydrogen-bond acceptors (Lipinski definition) is 5. The van der Waals surface area contributed by atoms with E-state index in [0.29, 0.717) is 53.4 Å². The number of hydrogen-bond donors (Lipinski definition) is 1. The van der Waals surface area contributed by atoms with Crippen LogP contribution in [0.25, 0.3) is 0 Å². The minimum atomic E-state index is -0.265. The van der Waals surface area contributed by atoms with E-state index in [1.165, 1.54) is 4.68 Å². The summed E-state index contributed by atoms with van der Waals surface area (Å²) >= 11 is 6.29. The molecule has 34 heavy (non-hydrogen) atoms. The van der Waals surface area contributed by atoms with Gasteiger partial charge in [-0.2, -0.15) is 5.10 Å². The van der Waals surface area contributed by atoms with Gasteiger partial charge >= 0.3 is 0 Å². The lowest BCUT2D eigenvalue weighted by molar-refractivity contribution is 0.0941. The summed E-state index contributed by atoms with van der Waals surface area (Å²) in [6, 6.07) is 21.0. The van der Waals surface area contributed by atoms with Crippen LogP contribution in [0.4, 0.5) is 0 Å². The zero-order chi connectivity index (χ0) is 23.9. The van der Waals surface area contributed by atoms with Gasteiger partial charge in [-0.3, -0.25) is 9.48 Å². The molecule has 0 fully saturated rings. The van der Waals surface area contributed by atoms with E-state index in [1.54, 1.807) is 19.3 Å². The van der Waals surface area contributed by atoms with Crippen molar-refractivity contribution in [1.29, 1.82) is 0 Å². The highest BCUT2D eigenvalue weighted by molar-refractivity contribution is 6.34. The first kappa shape index (κ1) is 23.3. The van der Waals surface area contributed by atoms with Gasteiger partial charge in [-0.15, -0.1) is 0 Å². The van der Waals surface area contributed by atoms with E-state index < -0.39 is 0 Å². The number of halogens is 1. The molecular weight excluding hydrogens is 452 g/mol. The van der Waals surface area contributed by atoms with Crippen LogP contribution >= 0.6 is 11.6 Å². The van der Waals surface area contributed by atoms with Gasteiger partial charge in [0.15, 0.2) is 0 Å². The SMILES string of the molecule is CCc1nn(C)c(C(=O)NCc2ccc(Oc3ccc(OCc4ccccc4)cn3)cc2)c1Cl. The van der Waals surface area contributed by atoms with Crippen molar-refractivity contribution in [2.24, 2.45) is 7.05 Å². The van der Waals surface area contributed by atoms with Gasteiger partial charge in [-0.1, -0.05) is 61.0 Å². The highest BCUT2D eigenvalue weighted by Gasteiger charge is 2.19. The summed E-state index contributed by atoms with van der Waals surface area (Å²) in [5, 5.41) is 7.56. The molecule has 0 saturated carbocycles. The Kier molecular flexibility index (Phi) is 7.44.